The number of nitrogens with zero attached hydrogens (tertiary/aromatic N) is 2. The summed E-state index contributed by atoms with van der Waals surface area (Å²) in [5.74, 6) is 2.19. The van der Waals surface area contributed by atoms with E-state index in [2.05, 4.69) is 37.6 Å². The van der Waals surface area contributed by atoms with Crippen LogP contribution in [0.5, 0.6) is 0 Å². The largest absolute Gasteiger partial charge is 0.443 e. The van der Waals surface area contributed by atoms with Crippen LogP contribution in [0.1, 0.15) is 51.0 Å². The molecule has 0 amide bonds. The minimum absolute atomic E-state index is 0.155. The van der Waals surface area contributed by atoms with Crippen molar-refractivity contribution in [2.24, 2.45) is 0 Å². The topological polar surface area (TPSA) is 29.3 Å². The van der Waals surface area contributed by atoms with Gasteiger partial charge in [-0.15, -0.1) is 0 Å². The Kier molecular flexibility index (Phi) is 3.24. The number of hydrogen-bond acceptors (Lipinski definition) is 3. The van der Waals surface area contributed by atoms with Gasteiger partial charge in [0, 0.05) is 5.92 Å². The van der Waals surface area contributed by atoms with Gasteiger partial charge in [-0.3, -0.25) is 4.90 Å². The molecule has 0 aliphatic carbocycles. The van der Waals surface area contributed by atoms with Crippen LogP contribution in [0.4, 0.5) is 0 Å². The minimum Gasteiger partial charge on any atom is -0.443 e. The van der Waals surface area contributed by atoms with Crippen LogP contribution in [-0.4, -0.2) is 24.0 Å². The lowest BCUT2D eigenvalue weighted by atomic mass is 10.1. The van der Waals surface area contributed by atoms with E-state index in [9.17, 15) is 0 Å². The summed E-state index contributed by atoms with van der Waals surface area (Å²) >= 11 is 0. The molecule has 0 radical (unpaired) electrons. The summed E-state index contributed by atoms with van der Waals surface area (Å²) in [7, 11) is 4.07. The monoisotopic (exact) mass is 210 g/mol. The molecule has 0 aromatic carbocycles. The molecule has 3 nitrogen and oxygen atoms in total. The first-order chi connectivity index (χ1) is 6.76. The summed E-state index contributed by atoms with van der Waals surface area (Å²) in [4.78, 5) is 6.63. The van der Waals surface area contributed by atoms with E-state index in [1.165, 1.54) is 0 Å². The summed E-state index contributed by atoms with van der Waals surface area (Å²) in [5.41, 5.74) is 0.854. The Morgan fingerprint density at radius 1 is 1.27 bits per heavy atom. The summed E-state index contributed by atoms with van der Waals surface area (Å²) < 4.78 is 5.85. The molecular weight excluding hydrogens is 188 g/mol. The second-order valence-corrected chi connectivity index (χ2v) is 5.08. The standard InChI is InChI=1S/C12H22N2O/c1-8(2)10-9(3)13-11(15-10)12(4,5)14(6)7/h8H,1-7H3. The molecule has 0 spiro atoms. The van der Waals surface area contributed by atoms with Crippen LogP contribution in [0, 0.1) is 6.92 Å². The zero-order valence-corrected chi connectivity index (χ0v) is 10.9. The van der Waals surface area contributed by atoms with Crippen molar-refractivity contribution in [2.75, 3.05) is 14.1 Å². The fraction of sp³-hybridized carbons (Fsp3) is 0.750. The van der Waals surface area contributed by atoms with Crippen LogP contribution < -0.4 is 0 Å². The Balaban J connectivity index is 3.12. The first-order valence-corrected chi connectivity index (χ1v) is 5.42. The van der Waals surface area contributed by atoms with E-state index in [-0.39, 0.29) is 5.54 Å². The van der Waals surface area contributed by atoms with E-state index in [0.717, 1.165) is 17.3 Å². The second kappa shape index (κ2) is 3.97. The van der Waals surface area contributed by atoms with Gasteiger partial charge in [-0.05, 0) is 34.9 Å². The predicted molar refractivity (Wildman–Crippen MR) is 62.0 cm³/mol. The predicted octanol–water partition coefficient (Wildman–Crippen LogP) is 2.90. The maximum Gasteiger partial charge on any atom is 0.214 e. The van der Waals surface area contributed by atoms with Crippen molar-refractivity contribution in [3.63, 3.8) is 0 Å². The van der Waals surface area contributed by atoms with Crippen LogP contribution in [0.15, 0.2) is 4.42 Å². The minimum atomic E-state index is -0.155. The molecule has 0 saturated heterocycles. The van der Waals surface area contributed by atoms with E-state index in [1.54, 1.807) is 0 Å². The van der Waals surface area contributed by atoms with Crippen molar-refractivity contribution < 1.29 is 4.42 Å². The maximum absolute atomic E-state index is 5.85. The molecule has 0 aliphatic rings. The summed E-state index contributed by atoms with van der Waals surface area (Å²) in [6.07, 6.45) is 0. The molecule has 0 aliphatic heterocycles. The molecular formula is C12H22N2O. The molecule has 0 N–H and O–H groups in total. The molecule has 0 saturated carbocycles. The van der Waals surface area contributed by atoms with Gasteiger partial charge in [0.05, 0.1) is 11.2 Å². The highest BCUT2D eigenvalue weighted by Crippen LogP contribution is 2.29. The van der Waals surface area contributed by atoms with Crippen LogP contribution in [0.25, 0.3) is 0 Å². The molecule has 1 heterocycles. The number of hydrogen-bond donors (Lipinski definition) is 0. The lowest BCUT2D eigenvalue weighted by Crippen LogP contribution is -2.35. The highest BCUT2D eigenvalue weighted by atomic mass is 16.4. The third-order valence-electron chi connectivity index (χ3n) is 3.00. The van der Waals surface area contributed by atoms with Gasteiger partial charge in [0.25, 0.3) is 0 Å². The van der Waals surface area contributed by atoms with Crippen molar-refractivity contribution in [3.8, 4) is 0 Å². The maximum atomic E-state index is 5.85. The Labute approximate surface area is 92.5 Å². The van der Waals surface area contributed by atoms with Gasteiger partial charge < -0.3 is 4.42 Å². The number of rotatable bonds is 3. The molecule has 0 unspecified atom stereocenters. The summed E-state index contributed by atoms with van der Waals surface area (Å²) in [6.45, 7) is 10.5. The molecule has 3 heteroatoms. The summed E-state index contributed by atoms with van der Waals surface area (Å²) in [5, 5.41) is 0. The van der Waals surface area contributed by atoms with Gasteiger partial charge in [0.2, 0.25) is 5.89 Å². The fourth-order valence-corrected chi connectivity index (χ4v) is 1.40. The molecule has 1 aromatic heterocycles. The SMILES string of the molecule is Cc1nc(C(C)(C)N(C)C)oc1C(C)C. The normalized spacial score (nSPS) is 12.9. The average Bonchev–Trinajstić information content (AvgIpc) is 2.47. The van der Waals surface area contributed by atoms with Crippen molar-refractivity contribution >= 4 is 0 Å². The van der Waals surface area contributed by atoms with Crippen LogP contribution >= 0.6 is 0 Å². The molecule has 86 valence electrons. The van der Waals surface area contributed by atoms with E-state index >= 15 is 0 Å². The van der Waals surface area contributed by atoms with Gasteiger partial charge in [-0.1, -0.05) is 13.8 Å². The first kappa shape index (κ1) is 12.2. The van der Waals surface area contributed by atoms with Crippen LogP contribution in [0.3, 0.4) is 0 Å². The Hall–Kier alpha value is -0.830. The number of aromatic nitrogens is 1. The third kappa shape index (κ3) is 2.23. The molecule has 15 heavy (non-hydrogen) atoms. The number of oxazole rings is 1. The van der Waals surface area contributed by atoms with Crippen molar-refractivity contribution in [2.45, 2.75) is 46.1 Å². The second-order valence-electron chi connectivity index (χ2n) is 5.08. The molecule has 0 bridgehead atoms. The van der Waals surface area contributed by atoms with Gasteiger partial charge in [-0.25, -0.2) is 4.98 Å². The van der Waals surface area contributed by atoms with Gasteiger partial charge in [0.1, 0.15) is 5.76 Å². The molecule has 1 rings (SSSR count). The third-order valence-corrected chi connectivity index (χ3v) is 3.00. The fourth-order valence-electron chi connectivity index (χ4n) is 1.40. The highest BCUT2D eigenvalue weighted by Gasteiger charge is 2.30. The van der Waals surface area contributed by atoms with Crippen LogP contribution in [-0.2, 0) is 5.54 Å². The zero-order valence-electron chi connectivity index (χ0n) is 10.9. The molecule has 0 atom stereocenters. The highest BCUT2D eigenvalue weighted by molar-refractivity contribution is 5.14. The quantitative estimate of drug-likeness (QED) is 0.768. The molecule has 1 aromatic rings. The van der Waals surface area contributed by atoms with Crippen molar-refractivity contribution in [1.29, 1.82) is 0 Å². The summed E-state index contributed by atoms with van der Waals surface area (Å²) in [6, 6.07) is 0. The molecule has 0 fully saturated rings. The lowest BCUT2D eigenvalue weighted by molar-refractivity contribution is 0.152. The number of aryl methyl sites for hydroxylation is 1. The Bertz CT molecular complexity index is 337. The lowest BCUT2D eigenvalue weighted by Gasteiger charge is -2.28. The first-order valence-electron chi connectivity index (χ1n) is 5.42. The Morgan fingerprint density at radius 3 is 2.13 bits per heavy atom. The van der Waals surface area contributed by atoms with E-state index in [0.29, 0.717) is 5.92 Å². The van der Waals surface area contributed by atoms with Crippen LogP contribution in [0.2, 0.25) is 0 Å². The van der Waals surface area contributed by atoms with Gasteiger partial charge >= 0.3 is 0 Å². The average molecular weight is 210 g/mol. The van der Waals surface area contributed by atoms with E-state index in [4.69, 9.17) is 4.42 Å². The van der Waals surface area contributed by atoms with E-state index < -0.39 is 0 Å². The van der Waals surface area contributed by atoms with Gasteiger partial charge in [-0.2, -0.15) is 0 Å². The van der Waals surface area contributed by atoms with Crippen molar-refractivity contribution in [1.82, 2.24) is 9.88 Å². The van der Waals surface area contributed by atoms with Gasteiger partial charge in [0.15, 0.2) is 0 Å². The van der Waals surface area contributed by atoms with Crippen molar-refractivity contribution in [3.05, 3.63) is 17.3 Å². The zero-order chi connectivity index (χ0) is 11.8. The Morgan fingerprint density at radius 2 is 1.80 bits per heavy atom. The smallest absolute Gasteiger partial charge is 0.214 e. The van der Waals surface area contributed by atoms with E-state index in [1.807, 2.05) is 21.0 Å².